The van der Waals surface area contributed by atoms with E-state index in [9.17, 15) is 9.59 Å². The minimum absolute atomic E-state index is 0.242. The summed E-state index contributed by atoms with van der Waals surface area (Å²) < 4.78 is 9.70. The van der Waals surface area contributed by atoms with E-state index in [1.807, 2.05) is 24.3 Å². The lowest BCUT2D eigenvalue weighted by atomic mass is 10.1. The summed E-state index contributed by atoms with van der Waals surface area (Å²) in [5.41, 5.74) is 1.99. The van der Waals surface area contributed by atoms with Gasteiger partial charge in [0.1, 0.15) is 6.61 Å². The number of carbonyl (C=O) groups is 2. The van der Waals surface area contributed by atoms with Crippen molar-refractivity contribution in [2.45, 2.75) is 20.5 Å². The van der Waals surface area contributed by atoms with Crippen molar-refractivity contribution in [2.24, 2.45) is 4.99 Å². The van der Waals surface area contributed by atoms with Gasteiger partial charge in [-0.15, -0.1) is 0 Å². The van der Waals surface area contributed by atoms with Gasteiger partial charge in [0.25, 0.3) is 0 Å². The molecule has 0 unspecified atom stereocenters. The van der Waals surface area contributed by atoms with E-state index >= 15 is 0 Å². The number of carbonyl (C=O) groups excluding carboxylic acids is 2. The van der Waals surface area contributed by atoms with Crippen molar-refractivity contribution in [3.63, 3.8) is 0 Å². The van der Waals surface area contributed by atoms with Gasteiger partial charge >= 0.3 is 11.9 Å². The molecule has 0 radical (unpaired) electrons. The van der Waals surface area contributed by atoms with Crippen LogP contribution in [0.3, 0.4) is 0 Å². The van der Waals surface area contributed by atoms with Crippen LogP contribution in [0.15, 0.2) is 35.0 Å². The van der Waals surface area contributed by atoms with Gasteiger partial charge in [-0.05, 0) is 17.2 Å². The number of benzene rings is 1. The average molecular weight is 259 g/mol. The molecule has 0 bridgehead atoms. The Balaban J connectivity index is 2.09. The molecule has 1 aromatic rings. The van der Waals surface area contributed by atoms with E-state index in [2.05, 4.69) is 4.99 Å². The highest BCUT2D eigenvalue weighted by Crippen LogP contribution is 2.16. The topological polar surface area (TPSA) is 65.0 Å². The van der Waals surface area contributed by atoms with E-state index < -0.39 is 5.97 Å². The molecule has 0 atom stereocenters. The van der Waals surface area contributed by atoms with Crippen molar-refractivity contribution >= 4 is 23.9 Å². The Morgan fingerprint density at radius 2 is 2.05 bits per heavy atom. The lowest BCUT2D eigenvalue weighted by Crippen LogP contribution is -2.00. The van der Waals surface area contributed by atoms with Gasteiger partial charge in [0.2, 0.25) is 0 Å². The fourth-order valence-corrected chi connectivity index (χ4v) is 1.57. The van der Waals surface area contributed by atoms with Crippen LogP contribution < -0.4 is 0 Å². The second-order valence-corrected chi connectivity index (χ2v) is 4.07. The van der Waals surface area contributed by atoms with Gasteiger partial charge in [0.05, 0.1) is 0 Å². The molecule has 0 saturated carbocycles. The summed E-state index contributed by atoms with van der Waals surface area (Å²) in [7, 11) is 0. The Kier molecular flexibility index (Phi) is 3.75. The van der Waals surface area contributed by atoms with Gasteiger partial charge in [0.15, 0.2) is 11.6 Å². The maximum absolute atomic E-state index is 11.4. The van der Waals surface area contributed by atoms with Gasteiger partial charge < -0.3 is 9.47 Å². The first-order valence-corrected chi connectivity index (χ1v) is 5.76. The number of cyclic esters (lactones) is 1. The summed E-state index contributed by atoms with van der Waals surface area (Å²) in [6.45, 7) is 3.23. The second-order valence-electron chi connectivity index (χ2n) is 4.07. The molecule has 0 spiro atoms. The second kappa shape index (κ2) is 5.48. The molecule has 0 amide bonds. The number of hydrogen-bond donors (Lipinski definition) is 0. The van der Waals surface area contributed by atoms with Crippen LogP contribution in [0.2, 0.25) is 0 Å². The molecule has 0 aliphatic carbocycles. The van der Waals surface area contributed by atoms with Crippen LogP contribution in [-0.4, -0.2) is 17.8 Å². The minimum atomic E-state index is -0.443. The predicted molar refractivity (Wildman–Crippen MR) is 69.1 cm³/mol. The van der Waals surface area contributed by atoms with E-state index in [1.165, 1.54) is 6.92 Å². The smallest absolute Gasteiger partial charge is 0.363 e. The largest absolute Gasteiger partial charge is 0.461 e. The van der Waals surface area contributed by atoms with E-state index in [0.717, 1.165) is 11.1 Å². The van der Waals surface area contributed by atoms with E-state index in [-0.39, 0.29) is 18.3 Å². The van der Waals surface area contributed by atoms with Crippen molar-refractivity contribution in [1.29, 1.82) is 0 Å². The molecule has 1 aliphatic rings. The number of esters is 2. The molecular formula is C14H13NO4. The molecule has 0 aromatic heterocycles. The third-order valence-electron chi connectivity index (χ3n) is 2.45. The molecule has 1 aliphatic heterocycles. The molecule has 5 nitrogen and oxygen atoms in total. The molecule has 0 N–H and O–H groups in total. The van der Waals surface area contributed by atoms with Gasteiger partial charge in [-0.3, -0.25) is 4.79 Å². The zero-order valence-electron chi connectivity index (χ0n) is 10.7. The molecular weight excluding hydrogens is 246 g/mol. The molecule has 5 heteroatoms. The van der Waals surface area contributed by atoms with E-state index in [1.54, 1.807) is 13.0 Å². The number of aliphatic imine (C=N–C) groups is 1. The summed E-state index contributed by atoms with van der Waals surface area (Å²) in [5, 5.41) is 0. The highest BCUT2D eigenvalue weighted by Gasteiger charge is 2.19. The maximum atomic E-state index is 11.4. The van der Waals surface area contributed by atoms with Crippen LogP contribution in [-0.2, 0) is 25.7 Å². The standard InChI is InChI=1S/C14H13NO4/c1-9-15-13(14(17)19-9)7-11-3-5-12(6-4-11)8-18-10(2)16/h3-7H,8H2,1-2H3. The summed E-state index contributed by atoms with van der Waals surface area (Å²) in [6, 6.07) is 7.29. The minimum Gasteiger partial charge on any atom is -0.461 e. The van der Waals surface area contributed by atoms with Crippen LogP contribution in [0.25, 0.3) is 6.08 Å². The summed E-state index contributed by atoms with van der Waals surface area (Å²) >= 11 is 0. The monoisotopic (exact) mass is 259 g/mol. The third-order valence-corrected chi connectivity index (χ3v) is 2.45. The van der Waals surface area contributed by atoms with Crippen molar-refractivity contribution in [2.75, 3.05) is 0 Å². The van der Waals surface area contributed by atoms with Crippen molar-refractivity contribution in [3.8, 4) is 0 Å². The zero-order valence-corrected chi connectivity index (χ0v) is 10.7. The van der Waals surface area contributed by atoms with Crippen molar-refractivity contribution in [3.05, 3.63) is 41.1 Å². The third kappa shape index (κ3) is 3.51. The van der Waals surface area contributed by atoms with Crippen LogP contribution in [0, 0.1) is 0 Å². The number of hydrogen-bond acceptors (Lipinski definition) is 5. The Labute approximate surface area is 110 Å². The van der Waals surface area contributed by atoms with Crippen molar-refractivity contribution in [1.82, 2.24) is 0 Å². The predicted octanol–water partition coefficient (Wildman–Crippen LogP) is 2.07. The SMILES string of the molecule is CC(=O)OCc1ccc(C=C2N=C(C)OC2=O)cc1. The molecule has 98 valence electrons. The van der Waals surface area contributed by atoms with Crippen LogP contribution in [0.5, 0.6) is 0 Å². The first kappa shape index (κ1) is 13.0. The first-order chi connectivity index (χ1) is 9.04. The number of rotatable bonds is 3. The van der Waals surface area contributed by atoms with Crippen LogP contribution in [0.1, 0.15) is 25.0 Å². The molecule has 1 aromatic carbocycles. The maximum Gasteiger partial charge on any atom is 0.363 e. The Morgan fingerprint density at radius 3 is 2.58 bits per heavy atom. The summed E-state index contributed by atoms with van der Waals surface area (Å²) in [4.78, 5) is 26.0. The lowest BCUT2D eigenvalue weighted by Gasteiger charge is -2.02. The Hall–Kier alpha value is -2.43. The lowest BCUT2D eigenvalue weighted by molar-refractivity contribution is -0.142. The normalized spacial score (nSPS) is 16.2. The van der Waals surface area contributed by atoms with E-state index in [4.69, 9.17) is 9.47 Å². The molecule has 0 saturated heterocycles. The molecule has 1 heterocycles. The quantitative estimate of drug-likeness (QED) is 0.615. The Bertz CT molecular complexity index is 570. The van der Waals surface area contributed by atoms with Gasteiger partial charge in [-0.25, -0.2) is 9.79 Å². The molecule has 19 heavy (non-hydrogen) atoms. The van der Waals surface area contributed by atoms with Crippen molar-refractivity contribution < 1.29 is 19.1 Å². The molecule has 2 rings (SSSR count). The Morgan fingerprint density at radius 1 is 1.37 bits per heavy atom. The molecule has 0 fully saturated rings. The fraction of sp³-hybridized carbons (Fsp3) is 0.214. The van der Waals surface area contributed by atoms with Gasteiger partial charge in [-0.1, -0.05) is 24.3 Å². The summed E-state index contributed by atoms with van der Waals surface area (Å²) in [6.07, 6.45) is 1.65. The average Bonchev–Trinajstić information content (AvgIpc) is 2.67. The van der Waals surface area contributed by atoms with Gasteiger partial charge in [0, 0.05) is 13.8 Å². The number of nitrogens with zero attached hydrogens (tertiary/aromatic N) is 1. The highest BCUT2D eigenvalue weighted by atomic mass is 16.6. The zero-order chi connectivity index (χ0) is 13.8. The van der Waals surface area contributed by atoms with Crippen LogP contribution >= 0.6 is 0 Å². The summed E-state index contributed by atoms with van der Waals surface area (Å²) in [5.74, 6) is -0.408. The fourth-order valence-electron chi connectivity index (χ4n) is 1.57. The first-order valence-electron chi connectivity index (χ1n) is 5.76. The van der Waals surface area contributed by atoms with Gasteiger partial charge in [-0.2, -0.15) is 0 Å². The highest BCUT2D eigenvalue weighted by molar-refractivity contribution is 6.06. The van der Waals surface area contributed by atoms with E-state index in [0.29, 0.717) is 5.90 Å². The van der Waals surface area contributed by atoms with Crippen LogP contribution in [0.4, 0.5) is 0 Å². The number of ether oxygens (including phenoxy) is 2.